The summed E-state index contributed by atoms with van der Waals surface area (Å²) < 4.78 is 68.6. The Morgan fingerprint density at radius 2 is 1.55 bits per heavy atom. The third-order valence-electron chi connectivity index (χ3n) is 4.50. The van der Waals surface area contributed by atoms with Crippen LogP contribution >= 0.6 is 0 Å². The van der Waals surface area contributed by atoms with Crippen molar-refractivity contribution in [3.8, 4) is 5.75 Å². The summed E-state index contributed by atoms with van der Waals surface area (Å²) in [6.07, 6.45) is -4.48. The molecule has 10 heteroatoms. The van der Waals surface area contributed by atoms with Gasteiger partial charge in [-0.1, -0.05) is 42.5 Å². The maximum atomic E-state index is 12.7. The number of halogens is 3. The van der Waals surface area contributed by atoms with Crippen molar-refractivity contribution in [2.75, 3.05) is 0 Å². The van der Waals surface area contributed by atoms with Crippen molar-refractivity contribution in [2.45, 2.75) is 24.4 Å². The van der Waals surface area contributed by atoms with Gasteiger partial charge in [0.25, 0.3) is 0 Å². The normalized spacial score (nSPS) is 12.3. The minimum absolute atomic E-state index is 0.0871. The molecule has 3 aromatic rings. The van der Waals surface area contributed by atoms with E-state index < -0.39 is 26.8 Å². The zero-order valence-electron chi connectivity index (χ0n) is 17.3. The minimum atomic E-state index is -4.59. The molecule has 0 aliphatic carbocycles. The number of carbonyl (C=O) groups excluding carboxylic acids is 1. The summed E-state index contributed by atoms with van der Waals surface area (Å²) >= 11 is 0. The molecular formula is C23H19F3N2O4S. The molecule has 6 nitrogen and oxygen atoms in total. The number of hydrazone groups is 1. The Morgan fingerprint density at radius 1 is 0.939 bits per heavy atom. The summed E-state index contributed by atoms with van der Waals surface area (Å²) in [5.41, 5.74) is 2.79. The van der Waals surface area contributed by atoms with Crippen LogP contribution in [0.25, 0.3) is 0 Å². The number of para-hydroxylation sites is 1. The second-order valence-corrected chi connectivity index (χ2v) is 8.50. The Balaban J connectivity index is 1.76. The summed E-state index contributed by atoms with van der Waals surface area (Å²) in [7, 11) is -4.41. The molecule has 0 radical (unpaired) electrons. The van der Waals surface area contributed by atoms with E-state index in [0.717, 1.165) is 17.7 Å². The van der Waals surface area contributed by atoms with Crippen molar-refractivity contribution in [1.29, 1.82) is 0 Å². The van der Waals surface area contributed by atoms with Crippen LogP contribution in [-0.4, -0.2) is 20.0 Å². The molecule has 0 bridgehead atoms. The molecule has 3 aromatic carbocycles. The molecule has 33 heavy (non-hydrogen) atoms. The first-order chi connectivity index (χ1) is 15.6. The molecule has 0 heterocycles. The van der Waals surface area contributed by atoms with Gasteiger partial charge in [-0.25, -0.2) is 5.43 Å². The fourth-order valence-corrected chi connectivity index (χ4v) is 3.79. The number of carbonyl (C=O) groups is 1. The van der Waals surface area contributed by atoms with Crippen molar-refractivity contribution in [2.24, 2.45) is 5.10 Å². The fourth-order valence-electron chi connectivity index (χ4n) is 2.84. The van der Waals surface area contributed by atoms with Gasteiger partial charge in [-0.15, -0.1) is 0 Å². The Labute approximate surface area is 188 Å². The lowest BCUT2D eigenvalue weighted by molar-refractivity contribution is -0.137. The Bertz CT molecular complexity index is 1260. The number of alkyl halides is 3. The predicted octanol–water partition coefficient (Wildman–Crippen LogP) is 4.56. The van der Waals surface area contributed by atoms with E-state index in [-0.39, 0.29) is 29.4 Å². The third-order valence-corrected chi connectivity index (χ3v) is 5.75. The molecule has 172 valence electrons. The monoisotopic (exact) mass is 476 g/mol. The Hall–Kier alpha value is -3.66. The van der Waals surface area contributed by atoms with Gasteiger partial charge >= 0.3 is 16.3 Å². The highest BCUT2D eigenvalue weighted by Gasteiger charge is 2.31. The number of rotatable bonds is 7. The first kappa shape index (κ1) is 24.0. The smallest absolute Gasteiger partial charge is 0.378 e. The maximum Gasteiger partial charge on any atom is 0.416 e. The van der Waals surface area contributed by atoms with Crippen LogP contribution in [-0.2, 0) is 27.5 Å². The van der Waals surface area contributed by atoms with Gasteiger partial charge in [0.05, 0.1) is 17.7 Å². The van der Waals surface area contributed by atoms with Gasteiger partial charge in [-0.05, 0) is 48.9 Å². The predicted molar refractivity (Wildman–Crippen MR) is 116 cm³/mol. The lowest BCUT2D eigenvalue weighted by Gasteiger charge is -2.12. The highest BCUT2D eigenvalue weighted by molar-refractivity contribution is 7.87. The second-order valence-electron chi connectivity index (χ2n) is 6.95. The van der Waals surface area contributed by atoms with E-state index in [1.165, 1.54) is 12.1 Å². The first-order valence-corrected chi connectivity index (χ1v) is 11.1. The van der Waals surface area contributed by atoms with E-state index in [4.69, 9.17) is 4.18 Å². The average molecular weight is 476 g/mol. The van der Waals surface area contributed by atoms with Crippen molar-refractivity contribution >= 4 is 21.7 Å². The summed E-state index contributed by atoms with van der Waals surface area (Å²) in [5, 5.41) is 4.01. The van der Waals surface area contributed by atoms with Crippen LogP contribution in [0.2, 0.25) is 0 Å². The lowest BCUT2D eigenvalue weighted by atomic mass is 10.1. The van der Waals surface area contributed by atoms with E-state index >= 15 is 0 Å². The number of hydrogen-bond acceptors (Lipinski definition) is 5. The standard InChI is InChI=1S/C23H19F3N2O4S/c1-16(27-28-22(29)15-17-7-3-2-4-8-17)20-9-5-6-10-21(20)32-33(30,31)19-13-11-18(12-14-19)23(24,25)26/h2-14H,15H2,1H3,(H,28,29). The van der Waals surface area contributed by atoms with Crippen LogP contribution in [0, 0.1) is 0 Å². The van der Waals surface area contributed by atoms with E-state index in [0.29, 0.717) is 12.1 Å². The molecule has 1 amide bonds. The molecule has 0 fully saturated rings. The topological polar surface area (TPSA) is 84.8 Å². The Kier molecular flexibility index (Phi) is 7.17. The molecule has 1 N–H and O–H groups in total. The number of hydrogen-bond donors (Lipinski definition) is 1. The van der Waals surface area contributed by atoms with Gasteiger partial charge in [0.15, 0.2) is 5.75 Å². The minimum Gasteiger partial charge on any atom is -0.378 e. The highest BCUT2D eigenvalue weighted by Crippen LogP contribution is 2.30. The summed E-state index contributed by atoms with van der Waals surface area (Å²) in [4.78, 5) is 11.7. The van der Waals surface area contributed by atoms with Crippen LogP contribution in [0.3, 0.4) is 0 Å². The molecule has 0 saturated carbocycles. The van der Waals surface area contributed by atoms with Gasteiger partial charge in [-0.3, -0.25) is 4.79 Å². The zero-order valence-corrected chi connectivity index (χ0v) is 18.2. The largest absolute Gasteiger partial charge is 0.416 e. The van der Waals surface area contributed by atoms with Crippen LogP contribution in [0.4, 0.5) is 13.2 Å². The second kappa shape index (κ2) is 9.86. The van der Waals surface area contributed by atoms with Crippen molar-refractivity contribution < 1.29 is 30.6 Å². The lowest BCUT2D eigenvalue weighted by Crippen LogP contribution is -2.21. The van der Waals surface area contributed by atoms with Crippen molar-refractivity contribution in [3.05, 3.63) is 95.6 Å². The van der Waals surface area contributed by atoms with Crippen molar-refractivity contribution in [3.63, 3.8) is 0 Å². The van der Waals surface area contributed by atoms with Gasteiger partial charge < -0.3 is 4.18 Å². The van der Waals surface area contributed by atoms with E-state index in [9.17, 15) is 26.4 Å². The van der Waals surface area contributed by atoms with Crippen LogP contribution < -0.4 is 9.61 Å². The van der Waals surface area contributed by atoms with Crippen LogP contribution in [0.15, 0.2) is 88.9 Å². The SMILES string of the molecule is CC(=NNC(=O)Cc1ccccc1)c1ccccc1OS(=O)(=O)c1ccc(C(F)(F)F)cc1. The summed E-state index contributed by atoms with van der Waals surface area (Å²) in [6, 6.07) is 18.1. The van der Waals surface area contributed by atoms with E-state index in [1.807, 2.05) is 18.2 Å². The number of nitrogens with zero attached hydrogens (tertiary/aromatic N) is 1. The fraction of sp³-hybridized carbons (Fsp3) is 0.130. The highest BCUT2D eigenvalue weighted by atomic mass is 32.2. The first-order valence-electron chi connectivity index (χ1n) is 9.64. The van der Waals surface area contributed by atoms with Crippen LogP contribution in [0.1, 0.15) is 23.6 Å². The molecule has 3 rings (SSSR count). The molecule has 0 saturated heterocycles. The molecule has 0 aliphatic rings. The maximum absolute atomic E-state index is 12.7. The summed E-state index contributed by atoms with van der Waals surface area (Å²) in [6.45, 7) is 1.55. The summed E-state index contributed by atoms with van der Waals surface area (Å²) in [5.74, 6) is -0.452. The van der Waals surface area contributed by atoms with Crippen molar-refractivity contribution in [1.82, 2.24) is 5.43 Å². The molecule has 0 atom stereocenters. The number of benzene rings is 3. The van der Waals surface area contributed by atoms with E-state index in [2.05, 4.69) is 10.5 Å². The Morgan fingerprint density at radius 3 is 2.18 bits per heavy atom. The third kappa shape index (κ3) is 6.42. The van der Waals surface area contributed by atoms with Gasteiger partial charge in [0.2, 0.25) is 5.91 Å². The van der Waals surface area contributed by atoms with Gasteiger partial charge in [-0.2, -0.15) is 26.7 Å². The molecule has 0 aromatic heterocycles. The average Bonchev–Trinajstić information content (AvgIpc) is 2.78. The zero-order chi connectivity index (χ0) is 24.1. The van der Waals surface area contributed by atoms with E-state index in [1.54, 1.807) is 31.2 Å². The van der Waals surface area contributed by atoms with Crippen LogP contribution in [0.5, 0.6) is 5.75 Å². The molecule has 0 spiro atoms. The molecule has 0 unspecified atom stereocenters. The van der Waals surface area contributed by atoms with Gasteiger partial charge in [0.1, 0.15) is 4.90 Å². The molecular weight excluding hydrogens is 457 g/mol. The number of amides is 1. The van der Waals surface area contributed by atoms with Gasteiger partial charge in [0, 0.05) is 5.56 Å². The number of nitrogens with one attached hydrogen (secondary N) is 1. The molecule has 0 aliphatic heterocycles. The quantitative estimate of drug-likeness (QED) is 0.308.